The Balaban J connectivity index is 0.00000726. The summed E-state index contributed by atoms with van der Waals surface area (Å²) in [5.41, 5.74) is 11.3. The molecule has 0 amide bonds. The van der Waals surface area contributed by atoms with E-state index in [2.05, 4.69) is 174 Å². The van der Waals surface area contributed by atoms with Gasteiger partial charge in [-0.2, -0.15) is 8.91 Å². The van der Waals surface area contributed by atoms with Gasteiger partial charge in [-0.25, -0.2) is 8.42 Å². The van der Waals surface area contributed by atoms with Gasteiger partial charge in [-0.1, -0.05) is 74.6 Å². The predicted molar refractivity (Wildman–Crippen MR) is 254 cm³/mol. The summed E-state index contributed by atoms with van der Waals surface area (Å²) in [6.07, 6.45) is 21.5. The van der Waals surface area contributed by atoms with Gasteiger partial charge in [0.05, 0.1) is 15.5 Å². The fraction of sp³-hybridized carbons (Fsp3) is 0.327. The number of anilines is 1. The molecule has 0 aromatic heterocycles. The van der Waals surface area contributed by atoms with E-state index in [0.29, 0.717) is 25.1 Å². The molecule has 0 fully saturated rings. The fourth-order valence-electron chi connectivity index (χ4n) is 8.28. The third-order valence-electron chi connectivity index (χ3n) is 11.5. The second-order valence-corrected chi connectivity index (χ2v) is 20.2. The Morgan fingerprint density at radius 2 is 1.29 bits per heavy atom. The maximum absolute atomic E-state index is 11.4. The first kappa shape index (κ1) is 50.8. The van der Waals surface area contributed by atoms with E-state index in [0.717, 1.165) is 53.9 Å². The Morgan fingerprint density at radius 1 is 0.710 bits per heavy atom. The minimum atomic E-state index is -4.27. The van der Waals surface area contributed by atoms with Crippen LogP contribution in [-0.2, 0) is 30.3 Å². The predicted octanol–water partition coefficient (Wildman–Crippen LogP) is 8.17. The van der Waals surface area contributed by atoms with E-state index in [1.807, 2.05) is 12.2 Å². The second-order valence-electron chi connectivity index (χ2n) is 16.2. The Morgan fingerprint density at radius 3 is 1.90 bits per heavy atom. The zero-order chi connectivity index (χ0) is 43.6. The van der Waals surface area contributed by atoms with Crippen molar-refractivity contribution in [1.29, 1.82) is 0 Å². The normalized spacial score (nSPS) is 16.3. The van der Waals surface area contributed by atoms with E-state index >= 15 is 0 Å². The van der Waals surface area contributed by atoms with Crippen molar-refractivity contribution in [3.05, 3.63) is 144 Å². The molecule has 2 heterocycles. The van der Waals surface area contributed by atoms with E-state index < -0.39 is 10.1 Å². The van der Waals surface area contributed by atoms with Gasteiger partial charge in [0.2, 0.25) is 5.69 Å². The van der Waals surface area contributed by atoms with Crippen LogP contribution in [0.15, 0.2) is 143 Å². The van der Waals surface area contributed by atoms with Gasteiger partial charge >= 0.3 is 51.4 Å². The van der Waals surface area contributed by atoms with E-state index in [4.69, 9.17) is 0 Å². The number of benzene rings is 4. The molecule has 0 unspecified atom stereocenters. The Bertz CT molecular complexity index is 2430. The monoisotopic (exact) mass is 934 g/mol. The fourth-order valence-corrected chi connectivity index (χ4v) is 10.1. The van der Waals surface area contributed by atoms with Crippen molar-refractivity contribution in [2.45, 2.75) is 74.0 Å². The third-order valence-corrected chi connectivity index (χ3v) is 14.4. The van der Waals surface area contributed by atoms with Crippen LogP contribution in [0, 0.1) is 0 Å². The van der Waals surface area contributed by atoms with Crippen LogP contribution in [0.4, 0.5) is 11.4 Å². The minimum absolute atomic E-state index is 0. The molecule has 0 radical (unpaired) electrons. The van der Waals surface area contributed by atoms with E-state index in [-0.39, 0.29) is 68.0 Å². The maximum Gasteiger partial charge on any atom is 1.00 e. The molecule has 2 aliphatic rings. The maximum atomic E-state index is 11.4. The number of unbranched alkanes of at least 4 members (excludes halogenated alkanes) is 2. The Labute approximate surface area is 424 Å². The van der Waals surface area contributed by atoms with Crippen molar-refractivity contribution in [3.63, 3.8) is 0 Å². The summed E-state index contributed by atoms with van der Waals surface area (Å²) in [5.74, 6) is 0.301. The van der Waals surface area contributed by atoms with E-state index in [9.17, 15) is 18.2 Å². The van der Waals surface area contributed by atoms with Gasteiger partial charge < -0.3 is 14.7 Å². The van der Waals surface area contributed by atoms with Crippen molar-refractivity contribution in [1.82, 2.24) is 0 Å². The molecule has 0 saturated heterocycles. The number of fused-ring (bicyclic) bond motifs is 2. The molecule has 0 saturated carbocycles. The van der Waals surface area contributed by atoms with E-state index in [1.54, 1.807) is 23.5 Å². The molecule has 8 nitrogen and oxygen atoms in total. The van der Waals surface area contributed by atoms with Crippen LogP contribution < -0.4 is 61.5 Å². The van der Waals surface area contributed by atoms with E-state index in [1.165, 1.54) is 43.4 Å². The molecule has 322 valence electrons. The quantitative estimate of drug-likeness (QED) is 0.00993. The van der Waals surface area contributed by atoms with Crippen molar-refractivity contribution in [2.75, 3.05) is 42.0 Å². The van der Waals surface area contributed by atoms with Crippen LogP contribution in [0.5, 0.6) is 0 Å². The molecule has 6 rings (SSSR count). The number of hydrogen-bond donors (Lipinski definition) is 0. The minimum Gasteiger partial charge on any atom is -0.748 e. The number of allylic oxidation sites excluding steroid dienone is 8. The first-order valence-corrected chi connectivity index (χ1v) is 25.5. The molecule has 13 heteroatoms. The standard InChI is InChI=1S/C49H56N2O6S4.K/c1-48(2)42-34-38(36-18-24-40(58-5)25-19-36)22-28-44(42)50(30-12-14-32-60-57-56-52)46(48)16-10-8-7-9-11-17-47-49(3,4)43-35-39(37-20-26-41(59-6)27-21-37)23-29-45(43)51(47)31-13-15-33-61(53,54)55;/h7-11,16-29,34-35H,12-15,30-33H2,1-6H3,(H-,52,53,54,55);/q;+1/p-1. The summed E-state index contributed by atoms with van der Waals surface area (Å²) < 4.78 is 41.0. The van der Waals surface area contributed by atoms with Gasteiger partial charge in [0, 0.05) is 80.8 Å². The van der Waals surface area contributed by atoms with Crippen LogP contribution in [0.25, 0.3) is 22.3 Å². The van der Waals surface area contributed by atoms with Gasteiger partial charge in [-0.05, 0) is 128 Å². The molecule has 4 aromatic carbocycles. The largest absolute Gasteiger partial charge is 1.00 e. The Kier molecular flexibility index (Phi) is 19.1. The van der Waals surface area contributed by atoms with Gasteiger partial charge in [-0.15, -0.1) is 23.5 Å². The van der Waals surface area contributed by atoms with Crippen LogP contribution >= 0.6 is 35.6 Å². The molecule has 0 spiro atoms. The van der Waals surface area contributed by atoms with Gasteiger partial charge in [0.1, 0.15) is 6.54 Å². The average Bonchev–Trinajstić information content (AvgIpc) is 3.59. The van der Waals surface area contributed by atoms with Crippen LogP contribution in [0.3, 0.4) is 0 Å². The zero-order valence-electron chi connectivity index (χ0n) is 36.8. The topological polar surface area (TPSA) is 105 Å². The molecule has 0 bridgehead atoms. The zero-order valence-corrected chi connectivity index (χ0v) is 43.1. The van der Waals surface area contributed by atoms with Crippen molar-refractivity contribution in [2.24, 2.45) is 0 Å². The molecule has 0 aliphatic carbocycles. The first-order chi connectivity index (χ1) is 29.3. The van der Waals surface area contributed by atoms with Crippen LogP contribution in [0.2, 0.25) is 0 Å². The summed E-state index contributed by atoms with van der Waals surface area (Å²) in [5, 5.41) is 13.7. The van der Waals surface area contributed by atoms with Crippen molar-refractivity contribution in [3.8, 4) is 22.3 Å². The molecule has 2 aliphatic heterocycles. The molecular formula is C49H55KN2O6S4. The summed E-state index contributed by atoms with van der Waals surface area (Å²) in [7, 11) is -4.27. The van der Waals surface area contributed by atoms with Crippen LogP contribution in [0.1, 0.15) is 64.5 Å². The number of rotatable bonds is 20. The van der Waals surface area contributed by atoms with Gasteiger partial charge in [-0.3, -0.25) is 5.04 Å². The summed E-state index contributed by atoms with van der Waals surface area (Å²) in [6, 6.07) is 30.7. The number of hydrogen-bond acceptors (Lipinski definition) is 10. The second kappa shape index (κ2) is 23.3. The molecule has 4 aromatic rings. The Hall–Kier alpha value is -2.21. The smallest absolute Gasteiger partial charge is 0.748 e. The van der Waals surface area contributed by atoms with Gasteiger partial charge in [0.15, 0.2) is 5.71 Å². The van der Waals surface area contributed by atoms with Crippen LogP contribution in [-0.4, -0.2) is 60.4 Å². The van der Waals surface area contributed by atoms with Gasteiger partial charge in [0.25, 0.3) is 0 Å². The summed E-state index contributed by atoms with van der Waals surface area (Å²) >= 11 is 4.49. The number of thioether (sulfide) groups is 2. The summed E-state index contributed by atoms with van der Waals surface area (Å²) in [6.45, 7) is 10.5. The third kappa shape index (κ3) is 12.6. The molecule has 62 heavy (non-hydrogen) atoms. The SMILES string of the molecule is CSc1ccc(-c2ccc3c(c2)C(C)(C)C(/C=C/C=C/C=C/C=C2/N(CCCCS(=O)(=O)[O-])c4ccc(-c5ccc(SC)cc5)cc4C2(C)C)=[N+]3CCCCSOO[O-])cc1.[K+]. The molecular weight excluding hydrogens is 880 g/mol. The molecule has 0 N–H and O–H groups in total. The number of nitrogens with zero attached hydrogens (tertiary/aromatic N) is 2. The summed E-state index contributed by atoms with van der Waals surface area (Å²) in [4.78, 5) is 4.74. The van der Waals surface area contributed by atoms with Crippen molar-refractivity contribution >= 4 is 62.8 Å². The van der Waals surface area contributed by atoms with Crippen molar-refractivity contribution < 1.29 is 83.6 Å². The molecule has 0 atom stereocenters. The first-order valence-electron chi connectivity index (χ1n) is 20.5. The average molecular weight is 935 g/mol.